The highest BCUT2D eigenvalue weighted by Crippen LogP contribution is 2.33. The lowest BCUT2D eigenvalue weighted by Gasteiger charge is -2.43. The second-order valence-electron chi connectivity index (χ2n) is 7.08. The third kappa shape index (κ3) is 6.04. The summed E-state index contributed by atoms with van der Waals surface area (Å²) in [6, 6.07) is 5.62. The van der Waals surface area contributed by atoms with Crippen molar-refractivity contribution in [3.63, 3.8) is 0 Å². The van der Waals surface area contributed by atoms with Crippen LogP contribution in [0.1, 0.15) is 24.9 Å². The van der Waals surface area contributed by atoms with Crippen molar-refractivity contribution in [2.75, 3.05) is 51.4 Å². The molecule has 2 N–H and O–H groups in total. The highest BCUT2D eigenvalue weighted by molar-refractivity contribution is 14.0. The van der Waals surface area contributed by atoms with E-state index in [9.17, 15) is 0 Å². The van der Waals surface area contributed by atoms with E-state index in [1.165, 1.54) is 12.2 Å². The lowest BCUT2D eigenvalue weighted by Crippen LogP contribution is -2.60. The van der Waals surface area contributed by atoms with Crippen LogP contribution in [0.2, 0.25) is 10.0 Å². The van der Waals surface area contributed by atoms with Crippen molar-refractivity contribution in [2.45, 2.75) is 24.9 Å². The Morgan fingerprint density at radius 1 is 1.36 bits per heavy atom. The molecule has 2 saturated heterocycles. The van der Waals surface area contributed by atoms with Crippen molar-refractivity contribution < 1.29 is 4.74 Å². The van der Waals surface area contributed by atoms with Gasteiger partial charge in [-0.1, -0.05) is 29.3 Å². The Morgan fingerprint density at radius 2 is 2.11 bits per heavy atom. The van der Waals surface area contributed by atoms with Crippen molar-refractivity contribution in [3.8, 4) is 0 Å². The molecular weight excluding hydrogens is 530 g/mol. The zero-order valence-corrected chi connectivity index (χ0v) is 21.0. The number of nitrogens with one attached hydrogen (secondary N) is 2. The van der Waals surface area contributed by atoms with Crippen molar-refractivity contribution in [1.29, 1.82) is 0 Å². The van der Waals surface area contributed by atoms with Crippen LogP contribution in [-0.2, 0) is 4.74 Å². The van der Waals surface area contributed by atoms with Gasteiger partial charge in [0, 0.05) is 48.0 Å². The number of halogens is 3. The van der Waals surface area contributed by atoms with Gasteiger partial charge in [-0.25, -0.2) is 0 Å². The zero-order chi connectivity index (χ0) is 19.3. The molecule has 1 aromatic carbocycles. The Labute approximate surface area is 199 Å². The first kappa shape index (κ1) is 24.3. The van der Waals surface area contributed by atoms with E-state index >= 15 is 0 Å². The van der Waals surface area contributed by atoms with Gasteiger partial charge in [-0.05, 0) is 36.8 Å². The number of guanidine groups is 1. The quantitative estimate of drug-likeness (QED) is 0.324. The fourth-order valence-electron chi connectivity index (χ4n) is 3.71. The molecule has 0 bridgehead atoms. The number of rotatable bonds is 5. The van der Waals surface area contributed by atoms with Gasteiger partial charge in [-0.2, -0.15) is 11.8 Å². The topological polar surface area (TPSA) is 48.9 Å². The summed E-state index contributed by atoms with van der Waals surface area (Å²) in [6.45, 7) is 6.61. The Hall–Kier alpha value is 0.0700. The monoisotopic (exact) mass is 558 g/mol. The molecule has 0 saturated carbocycles. The maximum absolute atomic E-state index is 6.35. The number of thioether (sulfide) groups is 1. The third-order valence-electron chi connectivity index (χ3n) is 5.36. The minimum atomic E-state index is 0. The first-order valence-corrected chi connectivity index (χ1v) is 11.3. The summed E-state index contributed by atoms with van der Waals surface area (Å²) in [4.78, 5) is 7.01. The average Bonchev–Trinajstić information content (AvgIpc) is 3.16. The molecule has 2 fully saturated rings. The van der Waals surface area contributed by atoms with E-state index < -0.39 is 0 Å². The lowest BCUT2D eigenvalue weighted by atomic mass is 9.95. The molecular formula is C19H29Cl2IN4OS. The number of aliphatic imine (C=N–C) groups is 1. The second-order valence-corrected chi connectivity index (χ2v) is 9.03. The molecule has 0 spiro atoms. The summed E-state index contributed by atoms with van der Waals surface area (Å²) in [7, 11) is 1.80. The van der Waals surface area contributed by atoms with E-state index in [4.69, 9.17) is 27.9 Å². The van der Waals surface area contributed by atoms with Crippen LogP contribution in [0, 0.1) is 0 Å². The van der Waals surface area contributed by atoms with Crippen LogP contribution in [0.15, 0.2) is 23.2 Å². The first-order valence-electron chi connectivity index (χ1n) is 9.37. The van der Waals surface area contributed by atoms with Gasteiger partial charge in [0.25, 0.3) is 0 Å². The predicted octanol–water partition coefficient (Wildman–Crippen LogP) is 4.05. The molecule has 0 amide bonds. The highest BCUT2D eigenvalue weighted by atomic mass is 127. The number of morpholine rings is 1. The normalized spacial score (nSPS) is 24.5. The number of benzene rings is 1. The lowest BCUT2D eigenvalue weighted by molar-refractivity contribution is -0.0120. The van der Waals surface area contributed by atoms with Gasteiger partial charge in [0.2, 0.25) is 0 Å². The molecule has 2 aliphatic heterocycles. The Balaban J connectivity index is 0.00000280. The van der Waals surface area contributed by atoms with E-state index in [2.05, 4.69) is 27.4 Å². The summed E-state index contributed by atoms with van der Waals surface area (Å²) in [5, 5.41) is 8.31. The van der Waals surface area contributed by atoms with Crippen LogP contribution < -0.4 is 10.6 Å². The van der Waals surface area contributed by atoms with Crippen molar-refractivity contribution in [1.82, 2.24) is 15.5 Å². The maximum atomic E-state index is 6.35. The van der Waals surface area contributed by atoms with Crippen LogP contribution in [0.3, 0.4) is 0 Å². The van der Waals surface area contributed by atoms with Crippen molar-refractivity contribution >= 4 is 64.9 Å². The van der Waals surface area contributed by atoms with Crippen LogP contribution in [0.25, 0.3) is 0 Å². The third-order valence-corrected chi connectivity index (χ3v) is 7.15. The molecule has 5 nitrogen and oxygen atoms in total. The van der Waals surface area contributed by atoms with E-state index in [0.717, 1.165) is 50.1 Å². The van der Waals surface area contributed by atoms with Crippen LogP contribution >= 0.6 is 58.9 Å². The Morgan fingerprint density at radius 3 is 2.71 bits per heavy atom. The number of ether oxygens (including phenoxy) is 1. The average molecular weight is 559 g/mol. The van der Waals surface area contributed by atoms with Crippen LogP contribution in [0.4, 0.5) is 0 Å². The molecule has 0 radical (unpaired) electrons. The summed E-state index contributed by atoms with van der Waals surface area (Å²) < 4.78 is 5.55. The molecule has 9 heteroatoms. The minimum Gasteiger partial charge on any atom is -0.379 e. The molecule has 28 heavy (non-hydrogen) atoms. The van der Waals surface area contributed by atoms with Gasteiger partial charge in [0.15, 0.2) is 5.96 Å². The summed E-state index contributed by atoms with van der Waals surface area (Å²) in [5.74, 6) is 3.15. The molecule has 2 unspecified atom stereocenters. The molecule has 2 atom stereocenters. The van der Waals surface area contributed by atoms with Crippen LogP contribution in [-0.4, -0.2) is 67.8 Å². The fourth-order valence-corrected chi connectivity index (χ4v) is 5.76. The Kier molecular flexibility index (Phi) is 9.96. The van der Waals surface area contributed by atoms with Crippen LogP contribution in [0.5, 0.6) is 0 Å². The van der Waals surface area contributed by atoms with Gasteiger partial charge in [0.1, 0.15) is 0 Å². The second kappa shape index (κ2) is 11.5. The summed E-state index contributed by atoms with van der Waals surface area (Å²) in [6.07, 6.45) is 1.19. The van der Waals surface area contributed by atoms with E-state index in [-0.39, 0.29) is 35.6 Å². The maximum Gasteiger partial charge on any atom is 0.191 e. The molecule has 2 heterocycles. The predicted molar refractivity (Wildman–Crippen MR) is 132 cm³/mol. The largest absolute Gasteiger partial charge is 0.379 e. The molecule has 0 aliphatic carbocycles. The number of nitrogens with zero attached hydrogens (tertiary/aromatic N) is 2. The van der Waals surface area contributed by atoms with Gasteiger partial charge >= 0.3 is 0 Å². The fraction of sp³-hybridized carbons (Fsp3) is 0.632. The van der Waals surface area contributed by atoms with Gasteiger partial charge in [0.05, 0.1) is 19.3 Å². The smallest absolute Gasteiger partial charge is 0.191 e. The number of hydrogen-bond acceptors (Lipinski definition) is 4. The zero-order valence-electron chi connectivity index (χ0n) is 16.3. The van der Waals surface area contributed by atoms with Crippen molar-refractivity contribution in [2.24, 2.45) is 4.99 Å². The molecule has 158 valence electrons. The molecule has 3 rings (SSSR count). The first-order chi connectivity index (χ1) is 13.0. The van der Waals surface area contributed by atoms with Gasteiger partial charge in [-0.15, -0.1) is 24.0 Å². The molecule has 1 aromatic rings. The molecule has 0 aromatic heterocycles. The summed E-state index contributed by atoms with van der Waals surface area (Å²) >= 11 is 14.4. The minimum absolute atomic E-state index is 0. The standard InChI is InChI=1S/C19H28Cl2N4OS.HI/c1-14(16-4-3-15(20)11-17(16)21)24-18(22-2)23-12-19(5-10-27-13-19)25-6-8-26-9-7-25;/h3-4,11,14H,5-10,12-13H2,1-2H3,(H2,22,23,24);1H. The van der Waals surface area contributed by atoms with Gasteiger partial charge in [-0.3, -0.25) is 9.89 Å². The summed E-state index contributed by atoms with van der Waals surface area (Å²) in [5.41, 5.74) is 1.18. The SMILES string of the molecule is CN=C(NCC1(N2CCOCC2)CCSC1)NC(C)c1ccc(Cl)cc1Cl.I. The van der Waals surface area contributed by atoms with E-state index in [1.54, 1.807) is 13.1 Å². The van der Waals surface area contributed by atoms with E-state index in [0.29, 0.717) is 10.0 Å². The molecule has 2 aliphatic rings. The number of hydrogen-bond donors (Lipinski definition) is 2. The van der Waals surface area contributed by atoms with Crippen molar-refractivity contribution in [3.05, 3.63) is 33.8 Å². The Bertz CT molecular complexity index is 667. The van der Waals surface area contributed by atoms with E-state index in [1.807, 2.05) is 23.9 Å². The van der Waals surface area contributed by atoms with Gasteiger partial charge < -0.3 is 15.4 Å². The highest BCUT2D eigenvalue weighted by Gasteiger charge is 2.40.